The number of carbonyl (C=O) groups is 2. The normalized spacial score (nSPS) is 10.6. The van der Waals surface area contributed by atoms with E-state index in [4.69, 9.17) is 4.74 Å². The summed E-state index contributed by atoms with van der Waals surface area (Å²) < 4.78 is 6.83. The Morgan fingerprint density at radius 2 is 1.85 bits per heavy atom. The Morgan fingerprint density at radius 3 is 2.48 bits per heavy atom. The van der Waals surface area contributed by atoms with Crippen LogP contribution in [0.4, 0.5) is 0 Å². The quantitative estimate of drug-likeness (QED) is 0.585. The van der Waals surface area contributed by atoms with Crippen LogP contribution < -0.4 is 0 Å². The summed E-state index contributed by atoms with van der Waals surface area (Å²) >= 11 is 1.54. The van der Waals surface area contributed by atoms with Crippen LogP contribution in [-0.4, -0.2) is 46.3 Å². The number of rotatable bonds is 7. The van der Waals surface area contributed by atoms with E-state index in [0.717, 1.165) is 10.6 Å². The number of esters is 1. The zero-order valence-electron chi connectivity index (χ0n) is 15.3. The minimum absolute atomic E-state index is 0.211. The second-order valence-electron chi connectivity index (χ2n) is 5.78. The minimum atomic E-state index is -0.574. The van der Waals surface area contributed by atoms with Crippen LogP contribution in [-0.2, 0) is 9.53 Å². The number of benzene rings is 1. The van der Waals surface area contributed by atoms with Crippen molar-refractivity contribution < 1.29 is 14.3 Å². The second kappa shape index (κ2) is 8.64. The van der Waals surface area contributed by atoms with Crippen LogP contribution in [0.3, 0.4) is 0 Å². The van der Waals surface area contributed by atoms with Crippen LogP contribution in [0.2, 0.25) is 0 Å². The highest BCUT2D eigenvalue weighted by molar-refractivity contribution is 7.13. The number of amides is 1. The molecule has 1 amide bonds. The molecule has 2 aromatic heterocycles. The lowest BCUT2D eigenvalue weighted by Gasteiger charge is -2.18. The van der Waals surface area contributed by atoms with Gasteiger partial charge >= 0.3 is 5.97 Å². The lowest BCUT2D eigenvalue weighted by atomic mass is 10.3. The molecule has 0 atom stereocenters. The fourth-order valence-electron chi connectivity index (χ4n) is 2.71. The molecule has 0 spiro atoms. The third kappa shape index (κ3) is 4.25. The molecule has 0 aliphatic rings. The summed E-state index contributed by atoms with van der Waals surface area (Å²) in [6.07, 6.45) is 0. The maximum Gasteiger partial charge on any atom is 0.357 e. The molecule has 1 aromatic carbocycles. The maximum absolute atomic E-state index is 12.7. The number of aromatic nitrogens is 2. The third-order valence-electron chi connectivity index (χ3n) is 4.14. The lowest BCUT2D eigenvalue weighted by molar-refractivity contribution is -0.134. The zero-order chi connectivity index (χ0) is 19.2. The van der Waals surface area contributed by atoms with Gasteiger partial charge in [-0.15, -0.1) is 11.3 Å². The monoisotopic (exact) mass is 383 g/mol. The number of hydrogen-bond donors (Lipinski definition) is 0. The van der Waals surface area contributed by atoms with Crippen LogP contribution >= 0.6 is 11.3 Å². The lowest BCUT2D eigenvalue weighted by Crippen LogP contribution is -2.34. The Labute approximate surface area is 162 Å². The fraction of sp³-hybridized carbons (Fsp3) is 0.250. The Kier molecular flexibility index (Phi) is 6.03. The standard InChI is InChI=1S/C20H21N3O3S/c1-3-22(4-2)19(24)14-26-20(25)17-13-16(18-11-8-12-27-18)21-23(17)15-9-6-5-7-10-15/h5-13H,3-4,14H2,1-2H3. The summed E-state index contributed by atoms with van der Waals surface area (Å²) in [7, 11) is 0. The van der Waals surface area contributed by atoms with Crippen molar-refractivity contribution in [3.05, 3.63) is 59.6 Å². The summed E-state index contributed by atoms with van der Waals surface area (Å²) in [6.45, 7) is 4.66. The average Bonchev–Trinajstić information content (AvgIpc) is 3.37. The van der Waals surface area contributed by atoms with Crippen molar-refractivity contribution in [2.24, 2.45) is 0 Å². The highest BCUT2D eigenvalue weighted by atomic mass is 32.1. The molecule has 7 heteroatoms. The van der Waals surface area contributed by atoms with E-state index >= 15 is 0 Å². The van der Waals surface area contributed by atoms with Crippen molar-refractivity contribution in [1.82, 2.24) is 14.7 Å². The first-order valence-corrected chi connectivity index (χ1v) is 9.66. The van der Waals surface area contributed by atoms with Crippen molar-refractivity contribution in [3.8, 4) is 16.3 Å². The molecule has 0 N–H and O–H groups in total. The van der Waals surface area contributed by atoms with Gasteiger partial charge in [-0.2, -0.15) is 5.10 Å². The van der Waals surface area contributed by atoms with Gasteiger partial charge in [0, 0.05) is 19.2 Å². The Hall–Kier alpha value is -2.93. The molecule has 0 bridgehead atoms. The predicted molar refractivity (Wildman–Crippen MR) is 105 cm³/mol. The molecule has 140 valence electrons. The van der Waals surface area contributed by atoms with E-state index in [1.807, 2.05) is 61.7 Å². The topological polar surface area (TPSA) is 64.4 Å². The first kappa shape index (κ1) is 18.8. The highest BCUT2D eigenvalue weighted by Crippen LogP contribution is 2.26. The van der Waals surface area contributed by atoms with Crippen LogP contribution in [0.15, 0.2) is 53.9 Å². The van der Waals surface area contributed by atoms with Gasteiger partial charge in [-0.05, 0) is 37.4 Å². The number of thiophene rings is 1. The van der Waals surface area contributed by atoms with Crippen molar-refractivity contribution >= 4 is 23.2 Å². The summed E-state index contributed by atoms with van der Waals surface area (Å²) in [5, 5.41) is 6.53. The molecule has 0 radical (unpaired) electrons. The molecule has 3 rings (SSSR count). The van der Waals surface area contributed by atoms with Crippen molar-refractivity contribution in [2.45, 2.75) is 13.8 Å². The molecule has 3 aromatic rings. The van der Waals surface area contributed by atoms with Crippen molar-refractivity contribution in [2.75, 3.05) is 19.7 Å². The maximum atomic E-state index is 12.7. The number of para-hydroxylation sites is 1. The van der Waals surface area contributed by atoms with E-state index in [9.17, 15) is 9.59 Å². The molecule has 0 aliphatic carbocycles. The average molecular weight is 383 g/mol. The van der Waals surface area contributed by atoms with Gasteiger partial charge < -0.3 is 9.64 Å². The number of nitrogens with zero attached hydrogens (tertiary/aromatic N) is 3. The van der Waals surface area contributed by atoms with E-state index in [1.54, 1.807) is 27.0 Å². The number of carbonyl (C=O) groups excluding carboxylic acids is 2. The number of hydrogen-bond acceptors (Lipinski definition) is 5. The summed E-state index contributed by atoms with van der Waals surface area (Å²) in [6, 6.07) is 15.0. The molecule has 27 heavy (non-hydrogen) atoms. The summed E-state index contributed by atoms with van der Waals surface area (Å²) in [5.74, 6) is -0.785. The first-order chi connectivity index (χ1) is 13.1. The molecule has 0 fully saturated rings. The number of likely N-dealkylation sites (N-methyl/N-ethyl adjacent to an activating group) is 1. The van der Waals surface area contributed by atoms with Crippen LogP contribution in [0.5, 0.6) is 0 Å². The van der Waals surface area contributed by atoms with Gasteiger partial charge in [-0.1, -0.05) is 24.3 Å². The molecule has 0 aliphatic heterocycles. The minimum Gasteiger partial charge on any atom is -0.451 e. The third-order valence-corrected chi connectivity index (χ3v) is 5.03. The zero-order valence-corrected chi connectivity index (χ0v) is 16.1. The van der Waals surface area contributed by atoms with Gasteiger partial charge in [0.05, 0.1) is 10.6 Å². The molecule has 0 unspecified atom stereocenters. The van der Waals surface area contributed by atoms with E-state index < -0.39 is 5.97 Å². The molecular weight excluding hydrogens is 362 g/mol. The van der Waals surface area contributed by atoms with Gasteiger partial charge in [0.2, 0.25) is 0 Å². The predicted octanol–water partition coefficient (Wildman–Crippen LogP) is 3.63. The van der Waals surface area contributed by atoms with Crippen LogP contribution in [0, 0.1) is 0 Å². The van der Waals surface area contributed by atoms with Gasteiger partial charge in [0.15, 0.2) is 12.3 Å². The van der Waals surface area contributed by atoms with E-state index in [2.05, 4.69) is 5.10 Å². The highest BCUT2D eigenvalue weighted by Gasteiger charge is 2.21. The van der Waals surface area contributed by atoms with Gasteiger partial charge in [0.25, 0.3) is 5.91 Å². The molecule has 0 saturated carbocycles. The van der Waals surface area contributed by atoms with Gasteiger partial charge in [-0.3, -0.25) is 4.79 Å². The fourth-order valence-corrected chi connectivity index (χ4v) is 3.39. The first-order valence-electron chi connectivity index (χ1n) is 8.78. The van der Waals surface area contributed by atoms with Gasteiger partial charge in [-0.25, -0.2) is 9.48 Å². The Morgan fingerprint density at radius 1 is 1.11 bits per heavy atom. The largest absolute Gasteiger partial charge is 0.451 e. The second-order valence-corrected chi connectivity index (χ2v) is 6.73. The Bertz CT molecular complexity index is 900. The van der Waals surface area contributed by atoms with E-state index in [1.165, 1.54) is 0 Å². The number of ether oxygens (including phenoxy) is 1. The van der Waals surface area contributed by atoms with Gasteiger partial charge in [0.1, 0.15) is 5.69 Å². The summed E-state index contributed by atoms with van der Waals surface area (Å²) in [4.78, 5) is 27.4. The van der Waals surface area contributed by atoms with Crippen molar-refractivity contribution in [3.63, 3.8) is 0 Å². The summed E-state index contributed by atoms with van der Waals surface area (Å²) in [5.41, 5.74) is 1.73. The molecular formula is C20H21N3O3S. The van der Waals surface area contributed by atoms with Crippen molar-refractivity contribution in [1.29, 1.82) is 0 Å². The molecule has 6 nitrogen and oxygen atoms in total. The SMILES string of the molecule is CCN(CC)C(=O)COC(=O)c1cc(-c2cccs2)nn1-c1ccccc1. The van der Waals surface area contributed by atoms with E-state index in [-0.39, 0.29) is 18.2 Å². The van der Waals surface area contributed by atoms with E-state index in [0.29, 0.717) is 18.8 Å². The van der Waals surface area contributed by atoms with Crippen LogP contribution in [0.1, 0.15) is 24.3 Å². The molecule has 0 saturated heterocycles. The molecule has 2 heterocycles. The Balaban J connectivity index is 1.87. The smallest absolute Gasteiger partial charge is 0.357 e. The van der Waals surface area contributed by atoms with Crippen LogP contribution in [0.25, 0.3) is 16.3 Å².